The van der Waals surface area contributed by atoms with Gasteiger partial charge < -0.3 is 4.57 Å². The standard InChI is InChI=1S/C22H22N4O4S/c27-21(17-8-10-19(11-9-17)25-12-1-2-13-25)23-24-22(28)18-6-5-7-20(16-18)31(29,30)26-14-3-4-15-26/h1-2,5-13,16H,3-4,14-15H2,(H,23,27)(H,24,28). The van der Waals surface area contributed by atoms with E-state index in [4.69, 9.17) is 0 Å². The van der Waals surface area contributed by atoms with Gasteiger partial charge in [0.25, 0.3) is 11.8 Å². The molecular weight excluding hydrogens is 416 g/mol. The molecule has 2 N–H and O–H groups in total. The molecule has 3 aromatic rings. The number of carbonyl (C=O) groups is 2. The lowest BCUT2D eigenvalue weighted by Crippen LogP contribution is -2.41. The molecule has 1 aliphatic rings. The molecule has 0 saturated carbocycles. The fraction of sp³-hybridized carbons (Fsp3) is 0.182. The quantitative estimate of drug-likeness (QED) is 0.597. The van der Waals surface area contributed by atoms with Crippen LogP contribution >= 0.6 is 0 Å². The lowest BCUT2D eigenvalue weighted by molar-refractivity contribution is 0.0846. The summed E-state index contributed by atoms with van der Waals surface area (Å²) in [6.07, 6.45) is 5.45. The number of nitrogens with one attached hydrogen (secondary N) is 2. The average molecular weight is 439 g/mol. The third kappa shape index (κ3) is 4.52. The van der Waals surface area contributed by atoms with E-state index in [2.05, 4.69) is 10.9 Å². The number of rotatable bonds is 5. The molecule has 1 aromatic heterocycles. The monoisotopic (exact) mass is 438 g/mol. The number of hydrazine groups is 1. The molecule has 1 fully saturated rings. The molecule has 4 rings (SSSR count). The van der Waals surface area contributed by atoms with Gasteiger partial charge in [-0.3, -0.25) is 20.4 Å². The average Bonchev–Trinajstić information content (AvgIpc) is 3.52. The number of aromatic nitrogens is 1. The SMILES string of the molecule is O=C(NNC(=O)c1cccc(S(=O)(=O)N2CCCC2)c1)c1ccc(-n2cccc2)cc1. The van der Waals surface area contributed by atoms with Crippen LogP contribution in [0.15, 0.2) is 78.0 Å². The van der Waals surface area contributed by atoms with E-state index in [1.54, 1.807) is 24.3 Å². The summed E-state index contributed by atoms with van der Waals surface area (Å²) in [6.45, 7) is 0.968. The Balaban J connectivity index is 1.40. The Morgan fingerprint density at radius 2 is 1.39 bits per heavy atom. The lowest BCUT2D eigenvalue weighted by Gasteiger charge is -2.16. The molecule has 2 amide bonds. The van der Waals surface area contributed by atoms with E-state index in [1.165, 1.54) is 28.6 Å². The molecule has 2 heterocycles. The van der Waals surface area contributed by atoms with Crippen LogP contribution in [-0.4, -0.2) is 42.2 Å². The Hall–Kier alpha value is -3.43. The number of amides is 2. The fourth-order valence-corrected chi connectivity index (χ4v) is 4.99. The van der Waals surface area contributed by atoms with Gasteiger partial charge in [-0.2, -0.15) is 4.31 Å². The summed E-state index contributed by atoms with van der Waals surface area (Å²) in [4.78, 5) is 24.9. The maximum Gasteiger partial charge on any atom is 0.269 e. The number of hydrogen-bond donors (Lipinski definition) is 2. The Morgan fingerprint density at radius 1 is 0.774 bits per heavy atom. The van der Waals surface area contributed by atoms with Crippen LogP contribution in [0, 0.1) is 0 Å². The number of benzene rings is 2. The third-order valence-corrected chi connectivity index (χ3v) is 7.02. The van der Waals surface area contributed by atoms with Gasteiger partial charge in [0.1, 0.15) is 0 Å². The van der Waals surface area contributed by atoms with Crippen LogP contribution in [-0.2, 0) is 10.0 Å². The molecule has 0 unspecified atom stereocenters. The Morgan fingerprint density at radius 3 is 2.03 bits per heavy atom. The first-order chi connectivity index (χ1) is 14.9. The summed E-state index contributed by atoms with van der Waals surface area (Å²) in [5, 5.41) is 0. The van der Waals surface area contributed by atoms with E-state index in [0.29, 0.717) is 18.7 Å². The van der Waals surface area contributed by atoms with Gasteiger partial charge in [-0.1, -0.05) is 6.07 Å². The maximum absolute atomic E-state index is 12.7. The molecular formula is C22H22N4O4S. The Kier molecular flexibility index (Phi) is 5.88. The smallest absolute Gasteiger partial charge is 0.269 e. The number of carbonyl (C=O) groups excluding carboxylic acids is 2. The van der Waals surface area contributed by atoms with Crippen LogP contribution in [0.3, 0.4) is 0 Å². The van der Waals surface area contributed by atoms with Gasteiger partial charge in [-0.25, -0.2) is 8.42 Å². The third-order valence-electron chi connectivity index (χ3n) is 5.12. The zero-order valence-corrected chi connectivity index (χ0v) is 17.5. The van der Waals surface area contributed by atoms with Crippen LogP contribution in [0.4, 0.5) is 0 Å². The van der Waals surface area contributed by atoms with E-state index in [-0.39, 0.29) is 10.5 Å². The van der Waals surface area contributed by atoms with Crippen LogP contribution in [0.2, 0.25) is 0 Å². The molecule has 160 valence electrons. The second-order valence-corrected chi connectivity index (χ2v) is 9.12. The van der Waals surface area contributed by atoms with Crippen LogP contribution < -0.4 is 10.9 Å². The topological polar surface area (TPSA) is 101 Å². The predicted molar refractivity (Wildman–Crippen MR) is 115 cm³/mol. The molecule has 9 heteroatoms. The maximum atomic E-state index is 12.7. The van der Waals surface area contributed by atoms with Crippen molar-refractivity contribution in [3.63, 3.8) is 0 Å². The van der Waals surface area contributed by atoms with Crippen molar-refractivity contribution in [2.45, 2.75) is 17.7 Å². The first kappa shape index (κ1) is 20.8. The van der Waals surface area contributed by atoms with Crippen molar-refractivity contribution in [3.05, 3.63) is 84.2 Å². The molecule has 0 spiro atoms. The zero-order chi connectivity index (χ0) is 21.8. The highest BCUT2D eigenvalue weighted by Gasteiger charge is 2.27. The summed E-state index contributed by atoms with van der Waals surface area (Å²) in [5.41, 5.74) is 6.12. The highest BCUT2D eigenvalue weighted by molar-refractivity contribution is 7.89. The summed E-state index contributed by atoms with van der Waals surface area (Å²) in [6, 6.07) is 16.5. The highest BCUT2D eigenvalue weighted by Crippen LogP contribution is 2.21. The largest absolute Gasteiger partial charge is 0.324 e. The highest BCUT2D eigenvalue weighted by atomic mass is 32.2. The van der Waals surface area contributed by atoms with Crippen molar-refractivity contribution in [2.75, 3.05) is 13.1 Å². The molecule has 0 bridgehead atoms. The summed E-state index contributed by atoms with van der Waals surface area (Å²) >= 11 is 0. The summed E-state index contributed by atoms with van der Waals surface area (Å²) in [7, 11) is -3.63. The number of sulfonamides is 1. The van der Waals surface area contributed by atoms with Crippen molar-refractivity contribution in [2.24, 2.45) is 0 Å². The molecule has 0 aliphatic carbocycles. The van der Waals surface area contributed by atoms with Gasteiger partial charge in [-0.05, 0) is 67.4 Å². The van der Waals surface area contributed by atoms with Crippen molar-refractivity contribution in [1.82, 2.24) is 19.7 Å². The first-order valence-electron chi connectivity index (χ1n) is 9.89. The molecule has 0 atom stereocenters. The second kappa shape index (κ2) is 8.75. The van der Waals surface area contributed by atoms with Crippen molar-refractivity contribution in [1.29, 1.82) is 0 Å². The molecule has 2 aromatic carbocycles. The fourth-order valence-electron chi connectivity index (χ4n) is 3.42. The van der Waals surface area contributed by atoms with Crippen molar-refractivity contribution >= 4 is 21.8 Å². The number of nitrogens with zero attached hydrogens (tertiary/aromatic N) is 2. The Labute approximate surface area is 180 Å². The minimum atomic E-state index is -3.63. The van der Waals surface area contributed by atoms with Crippen LogP contribution in [0.5, 0.6) is 0 Å². The Bertz CT molecular complexity index is 1180. The van der Waals surface area contributed by atoms with Crippen molar-refractivity contribution in [3.8, 4) is 5.69 Å². The van der Waals surface area contributed by atoms with E-state index in [0.717, 1.165) is 18.5 Å². The normalized spacial score (nSPS) is 14.3. The summed E-state index contributed by atoms with van der Waals surface area (Å²) < 4.78 is 28.7. The summed E-state index contributed by atoms with van der Waals surface area (Å²) in [5.74, 6) is -1.08. The van der Waals surface area contributed by atoms with E-state index in [1.807, 2.05) is 29.1 Å². The molecule has 0 radical (unpaired) electrons. The second-order valence-electron chi connectivity index (χ2n) is 7.18. The predicted octanol–water partition coefficient (Wildman–Crippen LogP) is 2.34. The molecule has 1 saturated heterocycles. The molecule has 8 nitrogen and oxygen atoms in total. The van der Waals surface area contributed by atoms with E-state index in [9.17, 15) is 18.0 Å². The van der Waals surface area contributed by atoms with Crippen LogP contribution in [0.1, 0.15) is 33.6 Å². The van der Waals surface area contributed by atoms with E-state index < -0.39 is 21.8 Å². The van der Waals surface area contributed by atoms with Crippen molar-refractivity contribution < 1.29 is 18.0 Å². The molecule has 31 heavy (non-hydrogen) atoms. The molecule has 1 aliphatic heterocycles. The van der Waals surface area contributed by atoms with Gasteiger partial charge in [0.15, 0.2) is 0 Å². The minimum absolute atomic E-state index is 0.0639. The lowest BCUT2D eigenvalue weighted by atomic mass is 10.2. The van der Waals surface area contributed by atoms with E-state index >= 15 is 0 Å². The zero-order valence-electron chi connectivity index (χ0n) is 16.7. The van der Waals surface area contributed by atoms with Gasteiger partial charge in [0.05, 0.1) is 4.90 Å². The van der Waals surface area contributed by atoms with Gasteiger partial charge >= 0.3 is 0 Å². The van der Waals surface area contributed by atoms with Gasteiger partial charge in [-0.15, -0.1) is 0 Å². The minimum Gasteiger partial charge on any atom is -0.324 e. The van der Waals surface area contributed by atoms with Gasteiger partial charge in [0, 0.05) is 42.3 Å². The van der Waals surface area contributed by atoms with Gasteiger partial charge in [0.2, 0.25) is 10.0 Å². The number of hydrogen-bond acceptors (Lipinski definition) is 4. The first-order valence-corrected chi connectivity index (χ1v) is 11.3. The van der Waals surface area contributed by atoms with Crippen LogP contribution in [0.25, 0.3) is 5.69 Å².